The lowest BCUT2D eigenvalue weighted by Crippen LogP contribution is -2.17. The number of para-hydroxylation sites is 3. The van der Waals surface area contributed by atoms with Crippen LogP contribution in [0.5, 0.6) is 5.75 Å². The number of carbonyl (C=O) groups excluding carboxylic acids is 2. The van der Waals surface area contributed by atoms with Gasteiger partial charge in [0.2, 0.25) is 5.95 Å². The standard InChI is InChI=1S/C21H20N4O4/c1-3-29-18-11-7-6-10-16(18)24-21-22-13-12-17(25-21)19(26)23-15-9-5-4-8-14(15)20(27)28-2/h4-13H,3H2,1-2H3,(H,23,26)(H,22,24,25). The minimum absolute atomic E-state index is 0.135. The van der Waals surface area contributed by atoms with Crippen LogP contribution >= 0.6 is 0 Å². The Bertz CT molecular complexity index is 1020. The van der Waals surface area contributed by atoms with E-state index in [2.05, 4.69) is 20.6 Å². The highest BCUT2D eigenvalue weighted by Gasteiger charge is 2.16. The van der Waals surface area contributed by atoms with E-state index in [1.807, 2.05) is 31.2 Å². The molecule has 148 valence electrons. The molecule has 0 aliphatic heterocycles. The highest BCUT2D eigenvalue weighted by molar-refractivity contribution is 6.07. The number of anilines is 3. The fraction of sp³-hybridized carbons (Fsp3) is 0.143. The maximum Gasteiger partial charge on any atom is 0.339 e. The van der Waals surface area contributed by atoms with E-state index in [1.54, 1.807) is 24.3 Å². The molecule has 0 atom stereocenters. The number of nitrogens with one attached hydrogen (secondary N) is 2. The van der Waals surface area contributed by atoms with Crippen molar-refractivity contribution in [1.82, 2.24) is 9.97 Å². The van der Waals surface area contributed by atoms with Crippen molar-refractivity contribution in [3.63, 3.8) is 0 Å². The van der Waals surface area contributed by atoms with Crippen molar-refractivity contribution in [3.8, 4) is 5.75 Å². The molecule has 2 N–H and O–H groups in total. The number of benzene rings is 2. The van der Waals surface area contributed by atoms with Crippen LogP contribution in [-0.4, -0.2) is 35.6 Å². The zero-order valence-electron chi connectivity index (χ0n) is 16.0. The number of esters is 1. The summed E-state index contributed by atoms with van der Waals surface area (Å²) in [6.07, 6.45) is 1.47. The van der Waals surface area contributed by atoms with Gasteiger partial charge in [-0.15, -0.1) is 0 Å². The normalized spacial score (nSPS) is 10.1. The summed E-state index contributed by atoms with van der Waals surface area (Å²) in [4.78, 5) is 32.9. The summed E-state index contributed by atoms with van der Waals surface area (Å²) >= 11 is 0. The number of rotatable bonds is 7. The largest absolute Gasteiger partial charge is 0.492 e. The van der Waals surface area contributed by atoms with E-state index in [0.29, 0.717) is 23.7 Å². The van der Waals surface area contributed by atoms with E-state index in [1.165, 1.54) is 19.4 Å². The quantitative estimate of drug-likeness (QED) is 0.592. The second-order valence-electron chi connectivity index (χ2n) is 5.81. The summed E-state index contributed by atoms with van der Waals surface area (Å²) in [6.45, 7) is 2.41. The Kier molecular flexibility index (Phi) is 6.36. The van der Waals surface area contributed by atoms with Crippen LogP contribution in [0, 0.1) is 0 Å². The molecule has 0 spiro atoms. The fourth-order valence-electron chi connectivity index (χ4n) is 2.58. The average Bonchev–Trinajstić information content (AvgIpc) is 2.75. The minimum atomic E-state index is -0.543. The van der Waals surface area contributed by atoms with Crippen LogP contribution in [0.25, 0.3) is 0 Å². The van der Waals surface area contributed by atoms with Crippen molar-refractivity contribution in [2.75, 3.05) is 24.4 Å². The summed E-state index contributed by atoms with van der Waals surface area (Å²) < 4.78 is 10.3. The van der Waals surface area contributed by atoms with E-state index in [9.17, 15) is 9.59 Å². The smallest absolute Gasteiger partial charge is 0.339 e. The molecule has 3 aromatic rings. The van der Waals surface area contributed by atoms with Gasteiger partial charge in [-0.25, -0.2) is 14.8 Å². The third-order valence-electron chi connectivity index (χ3n) is 3.90. The third kappa shape index (κ3) is 4.86. The number of amides is 1. The molecule has 1 heterocycles. The molecule has 0 fully saturated rings. The molecule has 3 rings (SSSR count). The maximum atomic E-state index is 12.6. The van der Waals surface area contributed by atoms with Crippen LogP contribution in [0.2, 0.25) is 0 Å². The molecule has 0 aliphatic rings. The van der Waals surface area contributed by atoms with Gasteiger partial charge in [0.1, 0.15) is 11.4 Å². The Morgan fingerprint density at radius 1 is 1.00 bits per heavy atom. The summed E-state index contributed by atoms with van der Waals surface area (Å²) in [7, 11) is 1.28. The molecule has 2 aromatic carbocycles. The first-order valence-corrected chi connectivity index (χ1v) is 8.93. The minimum Gasteiger partial charge on any atom is -0.492 e. The molecule has 0 radical (unpaired) electrons. The van der Waals surface area contributed by atoms with E-state index in [4.69, 9.17) is 9.47 Å². The van der Waals surface area contributed by atoms with Crippen molar-refractivity contribution >= 4 is 29.2 Å². The molecule has 0 aliphatic carbocycles. The molecule has 1 amide bonds. The highest BCUT2D eigenvalue weighted by atomic mass is 16.5. The van der Waals surface area contributed by atoms with E-state index < -0.39 is 11.9 Å². The van der Waals surface area contributed by atoms with Crippen LogP contribution in [0.4, 0.5) is 17.3 Å². The van der Waals surface area contributed by atoms with E-state index >= 15 is 0 Å². The zero-order chi connectivity index (χ0) is 20.6. The Morgan fingerprint density at radius 2 is 1.72 bits per heavy atom. The van der Waals surface area contributed by atoms with Crippen LogP contribution in [0.15, 0.2) is 60.8 Å². The predicted molar refractivity (Wildman–Crippen MR) is 109 cm³/mol. The Balaban J connectivity index is 1.80. The number of methoxy groups -OCH3 is 1. The predicted octanol–water partition coefficient (Wildman–Crippen LogP) is 3.66. The number of nitrogens with zero attached hydrogens (tertiary/aromatic N) is 2. The van der Waals surface area contributed by atoms with Gasteiger partial charge in [-0.2, -0.15) is 0 Å². The average molecular weight is 392 g/mol. The van der Waals surface area contributed by atoms with Gasteiger partial charge in [0.15, 0.2) is 0 Å². The molecule has 0 bridgehead atoms. The van der Waals surface area contributed by atoms with E-state index in [0.717, 1.165) is 0 Å². The van der Waals surface area contributed by atoms with Crippen molar-refractivity contribution in [1.29, 1.82) is 0 Å². The summed E-state index contributed by atoms with van der Waals surface area (Å²) in [5, 5.41) is 5.74. The fourth-order valence-corrected chi connectivity index (χ4v) is 2.58. The SMILES string of the molecule is CCOc1ccccc1Nc1nccc(C(=O)Nc2ccccc2C(=O)OC)n1. The van der Waals surface area contributed by atoms with E-state index in [-0.39, 0.29) is 17.2 Å². The molecule has 0 saturated carbocycles. The van der Waals surface area contributed by atoms with Gasteiger partial charge in [0, 0.05) is 6.20 Å². The monoisotopic (exact) mass is 392 g/mol. The van der Waals surface area contributed by atoms with Gasteiger partial charge in [-0.1, -0.05) is 24.3 Å². The molecule has 1 aromatic heterocycles. The van der Waals surface area contributed by atoms with Crippen LogP contribution in [0.1, 0.15) is 27.8 Å². The second-order valence-corrected chi connectivity index (χ2v) is 5.81. The highest BCUT2D eigenvalue weighted by Crippen LogP contribution is 2.26. The number of carbonyl (C=O) groups is 2. The second kappa shape index (κ2) is 9.32. The third-order valence-corrected chi connectivity index (χ3v) is 3.90. The summed E-state index contributed by atoms with van der Waals surface area (Å²) in [5.41, 5.74) is 1.40. The van der Waals surface area contributed by atoms with Gasteiger partial charge in [-0.05, 0) is 37.3 Å². The van der Waals surface area contributed by atoms with Gasteiger partial charge >= 0.3 is 5.97 Å². The first-order chi connectivity index (χ1) is 14.1. The van der Waals surface area contributed by atoms with Crippen molar-refractivity contribution < 1.29 is 19.1 Å². The van der Waals surface area contributed by atoms with Crippen molar-refractivity contribution in [2.24, 2.45) is 0 Å². The zero-order valence-corrected chi connectivity index (χ0v) is 16.0. The molecule has 0 unspecified atom stereocenters. The number of aromatic nitrogens is 2. The number of ether oxygens (including phenoxy) is 2. The first-order valence-electron chi connectivity index (χ1n) is 8.93. The topological polar surface area (TPSA) is 102 Å². The Morgan fingerprint density at radius 3 is 2.48 bits per heavy atom. The molecule has 29 heavy (non-hydrogen) atoms. The molecular weight excluding hydrogens is 372 g/mol. The number of hydrogen-bond donors (Lipinski definition) is 2. The maximum absolute atomic E-state index is 12.6. The molecular formula is C21H20N4O4. The lowest BCUT2D eigenvalue weighted by Gasteiger charge is -2.12. The van der Waals surface area contributed by atoms with Gasteiger partial charge in [0.25, 0.3) is 5.91 Å². The molecule has 8 nitrogen and oxygen atoms in total. The molecule has 0 saturated heterocycles. The Labute approximate surface area is 167 Å². The summed E-state index contributed by atoms with van der Waals surface area (Å²) in [6, 6.07) is 15.4. The first kappa shape index (κ1) is 19.8. The van der Waals surface area contributed by atoms with Gasteiger partial charge < -0.3 is 20.1 Å². The van der Waals surface area contributed by atoms with Crippen LogP contribution in [0.3, 0.4) is 0 Å². The number of hydrogen-bond acceptors (Lipinski definition) is 7. The van der Waals surface area contributed by atoms with Crippen molar-refractivity contribution in [2.45, 2.75) is 6.92 Å². The molecule has 8 heteroatoms. The van der Waals surface area contributed by atoms with Gasteiger partial charge in [-0.3, -0.25) is 4.79 Å². The lowest BCUT2D eigenvalue weighted by molar-refractivity contribution is 0.0602. The summed E-state index contributed by atoms with van der Waals surface area (Å²) in [5.74, 6) is -0.130. The lowest BCUT2D eigenvalue weighted by atomic mass is 10.1. The van der Waals surface area contributed by atoms with Crippen LogP contribution < -0.4 is 15.4 Å². The Hall–Kier alpha value is -3.94. The van der Waals surface area contributed by atoms with Crippen LogP contribution in [-0.2, 0) is 4.74 Å². The van der Waals surface area contributed by atoms with Gasteiger partial charge in [0.05, 0.1) is 30.7 Å². The van der Waals surface area contributed by atoms with Crippen molar-refractivity contribution in [3.05, 3.63) is 72.1 Å².